The number of hydrogen-bond acceptors (Lipinski definition) is 3. The van der Waals surface area contributed by atoms with Gasteiger partial charge in [-0.2, -0.15) is 11.8 Å². The molecule has 1 aromatic heterocycles. The zero-order valence-corrected chi connectivity index (χ0v) is 12.0. The number of aromatic nitrogens is 1. The van der Waals surface area contributed by atoms with Gasteiger partial charge in [-0.1, -0.05) is 6.92 Å². The van der Waals surface area contributed by atoms with E-state index in [2.05, 4.69) is 6.92 Å². The Morgan fingerprint density at radius 2 is 2.11 bits per heavy atom. The second kappa shape index (κ2) is 6.09. The number of aryl methyl sites for hydroxylation is 1. The molecule has 0 bridgehead atoms. The van der Waals surface area contributed by atoms with E-state index in [-0.39, 0.29) is 11.1 Å². The van der Waals surface area contributed by atoms with Crippen LogP contribution in [0.15, 0.2) is 10.9 Å². The zero-order valence-electron chi connectivity index (χ0n) is 11.2. The van der Waals surface area contributed by atoms with E-state index in [9.17, 15) is 9.59 Å². The molecule has 1 N–H and O–H groups in total. The van der Waals surface area contributed by atoms with Crippen molar-refractivity contribution in [2.75, 3.05) is 6.26 Å². The highest BCUT2D eigenvalue weighted by atomic mass is 32.2. The molecule has 1 unspecified atom stereocenters. The Kier molecular flexibility index (Phi) is 5.02. The predicted octanol–water partition coefficient (Wildman–Crippen LogP) is 2.30. The van der Waals surface area contributed by atoms with Gasteiger partial charge in [-0.25, -0.2) is 4.79 Å². The number of hydrogen-bond donors (Lipinski definition) is 1. The second-order valence-corrected chi connectivity index (χ2v) is 5.69. The van der Waals surface area contributed by atoms with Crippen molar-refractivity contribution in [2.45, 2.75) is 39.0 Å². The number of rotatable bonds is 5. The van der Waals surface area contributed by atoms with Crippen LogP contribution in [-0.2, 0) is 6.54 Å². The van der Waals surface area contributed by atoms with Crippen LogP contribution in [-0.4, -0.2) is 27.1 Å². The average Bonchev–Trinajstić information content (AvgIpc) is 2.27. The Hall–Kier alpha value is -1.23. The lowest BCUT2D eigenvalue weighted by molar-refractivity contribution is 0.0694. The van der Waals surface area contributed by atoms with Gasteiger partial charge in [-0.3, -0.25) is 4.79 Å². The van der Waals surface area contributed by atoms with E-state index in [0.717, 1.165) is 6.42 Å². The highest BCUT2D eigenvalue weighted by molar-refractivity contribution is 7.99. The van der Waals surface area contributed by atoms with E-state index in [4.69, 9.17) is 5.11 Å². The zero-order chi connectivity index (χ0) is 13.9. The Labute approximate surface area is 111 Å². The van der Waals surface area contributed by atoms with Crippen LogP contribution < -0.4 is 5.56 Å². The van der Waals surface area contributed by atoms with Crippen molar-refractivity contribution in [1.82, 2.24) is 4.57 Å². The van der Waals surface area contributed by atoms with Crippen LogP contribution in [0.1, 0.15) is 35.0 Å². The Balaban J connectivity index is 3.16. The molecule has 0 aliphatic heterocycles. The maximum absolute atomic E-state index is 11.9. The first-order chi connectivity index (χ1) is 8.38. The van der Waals surface area contributed by atoms with Gasteiger partial charge in [-0.05, 0) is 32.1 Å². The lowest BCUT2D eigenvalue weighted by Crippen LogP contribution is -2.26. The third-order valence-corrected chi connectivity index (χ3v) is 4.18. The van der Waals surface area contributed by atoms with Crippen molar-refractivity contribution in [3.8, 4) is 0 Å². The van der Waals surface area contributed by atoms with Crippen molar-refractivity contribution in [1.29, 1.82) is 0 Å². The Morgan fingerprint density at radius 1 is 1.50 bits per heavy atom. The summed E-state index contributed by atoms with van der Waals surface area (Å²) in [5.74, 6) is -0.975. The highest BCUT2D eigenvalue weighted by Crippen LogP contribution is 2.14. The summed E-state index contributed by atoms with van der Waals surface area (Å²) in [6.07, 6.45) is 2.88. The van der Waals surface area contributed by atoms with Crippen LogP contribution in [0.2, 0.25) is 0 Å². The fraction of sp³-hybridized carbons (Fsp3) is 0.538. The molecule has 100 valence electrons. The van der Waals surface area contributed by atoms with Crippen molar-refractivity contribution in [2.24, 2.45) is 0 Å². The summed E-state index contributed by atoms with van der Waals surface area (Å²) >= 11 is 1.74. The number of aromatic carboxylic acids is 1. The first-order valence-electron chi connectivity index (χ1n) is 5.85. The molecule has 0 saturated heterocycles. The molecule has 0 aliphatic rings. The third-order valence-electron chi connectivity index (χ3n) is 3.14. The largest absolute Gasteiger partial charge is 0.478 e. The van der Waals surface area contributed by atoms with Gasteiger partial charge in [-0.15, -0.1) is 0 Å². The van der Waals surface area contributed by atoms with Crippen molar-refractivity contribution in [3.05, 3.63) is 33.2 Å². The normalized spacial score (nSPS) is 12.4. The highest BCUT2D eigenvalue weighted by Gasteiger charge is 2.15. The first kappa shape index (κ1) is 14.8. The number of carboxylic acid groups (broad SMARTS) is 1. The molecule has 0 fully saturated rings. The first-order valence-corrected chi connectivity index (χ1v) is 7.14. The van der Waals surface area contributed by atoms with E-state index in [0.29, 0.717) is 23.1 Å². The van der Waals surface area contributed by atoms with Gasteiger partial charge < -0.3 is 9.67 Å². The lowest BCUT2D eigenvalue weighted by atomic mass is 10.1. The maximum atomic E-state index is 11.9. The third kappa shape index (κ3) is 3.16. The number of thioether (sulfide) groups is 1. The summed E-state index contributed by atoms with van der Waals surface area (Å²) in [5, 5.41) is 9.62. The quantitative estimate of drug-likeness (QED) is 0.891. The number of carbonyl (C=O) groups is 1. The van der Waals surface area contributed by atoms with Gasteiger partial charge in [0.15, 0.2) is 0 Å². The number of pyridine rings is 1. The summed E-state index contributed by atoms with van der Waals surface area (Å²) < 4.78 is 1.56. The molecule has 1 atom stereocenters. The summed E-state index contributed by atoms with van der Waals surface area (Å²) in [6, 6.07) is 1.40. The van der Waals surface area contributed by atoms with E-state index >= 15 is 0 Å². The minimum absolute atomic E-state index is 0.122. The molecule has 0 spiro atoms. The molecule has 0 amide bonds. The standard InChI is InChI=1S/C13H19NO3S/c1-8-7-11(15)14(6-5-9(2)18-4)10(3)12(8)13(16)17/h7,9H,5-6H2,1-4H3,(H,16,17). The molecular weight excluding hydrogens is 250 g/mol. The molecule has 1 aromatic rings. The number of carboxylic acids is 1. The molecule has 0 aliphatic carbocycles. The molecule has 0 aromatic carbocycles. The van der Waals surface area contributed by atoms with Gasteiger partial charge in [0, 0.05) is 23.6 Å². The van der Waals surface area contributed by atoms with Crippen molar-refractivity contribution >= 4 is 17.7 Å². The average molecular weight is 269 g/mol. The molecule has 1 rings (SSSR count). The van der Waals surface area contributed by atoms with Crippen molar-refractivity contribution < 1.29 is 9.90 Å². The van der Waals surface area contributed by atoms with Crippen molar-refractivity contribution in [3.63, 3.8) is 0 Å². The molecule has 0 radical (unpaired) electrons. The van der Waals surface area contributed by atoms with E-state index in [1.54, 1.807) is 30.2 Å². The molecule has 4 nitrogen and oxygen atoms in total. The Morgan fingerprint density at radius 3 is 2.61 bits per heavy atom. The van der Waals surface area contributed by atoms with Crippen LogP contribution in [0.4, 0.5) is 0 Å². The van der Waals surface area contributed by atoms with E-state index < -0.39 is 5.97 Å². The summed E-state index contributed by atoms with van der Waals surface area (Å²) in [5.41, 5.74) is 1.19. The van der Waals surface area contributed by atoms with Crippen LogP contribution in [0.5, 0.6) is 0 Å². The molecular formula is C13H19NO3S. The van der Waals surface area contributed by atoms with Crippen LogP contribution in [0.3, 0.4) is 0 Å². The van der Waals surface area contributed by atoms with Crippen LogP contribution in [0, 0.1) is 13.8 Å². The van der Waals surface area contributed by atoms with Crippen LogP contribution >= 0.6 is 11.8 Å². The minimum Gasteiger partial charge on any atom is -0.478 e. The maximum Gasteiger partial charge on any atom is 0.337 e. The fourth-order valence-electron chi connectivity index (χ4n) is 1.95. The van der Waals surface area contributed by atoms with E-state index in [1.807, 2.05) is 6.26 Å². The van der Waals surface area contributed by atoms with E-state index in [1.165, 1.54) is 6.07 Å². The SMILES string of the molecule is CSC(C)CCn1c(C)c(C(=O)O)c(C)cc1=O. The van der Waals surface area contributed by atoms with Gasteiger partial charge in [0.1, 0.15) is 0 Å². The fourth-order valence-corrected chi connectivity index (χ4v) is 2.29. The summed E-state index contributed by atoms with van der Waals surface area (Å²) in [7, 11) is 0. The molecule has 5 heteroatoms. The summed E-state index contributed by atoms with van der Waals surface area (Å²) in [6.45, 7) is 6.01. The monoisotopic (exact) mass is 269 g/mol. The van der Waals surface area contributed by atoms with Gasteiger partial charge in [0.05, 0.1) is 5.56 Å². The van der Waals surface area contributed by atoms with Gasteiger partial charge >= 0.3 is 5.97 Å². The Bertz CT molecular complexity index is 508. The molecule has 0 saturated carbocycles. The van der Waals surface area contributed by atoms with Gasteiger partial charge in [0.2, 0.25) is 0 Å². The lowest BCUT2D eigenvalue weighted by Gasteiger charge is -2.15. The minimum atomic E-state index is -0.975. The van der Waals surface area contributed by atoms with Gasteiger partial charge in [0.25, 0.3) is 5.56 Å². The second-order valence-electron chi connectivity index (χ2n) is 4.42. The van der Waals surface area contributed by atoms with Crippen LogP contribution in [0.25, 0.3) is 0 Å². The predicted molar refractivity (Wildman–Crippen MR) is 74.7 cm³/mol. The smallest absolute Gasteiger partial charge is 0.337 e. The summed E-state index contributed by atoms with van der Waals surface area (Å²) in [4.78, 5) is 23.1. The molecule has 18 heavy (non-hydrogen) atoms. The topological polar surface area (TPSA) is 59.3 Å². The molecule has 1 heterocycles. The number of nitrogens with zero attached hydrogens (tertiary/aromatic N) is 1.